The van der Waals surface area contributed by atoms with Gasteiger partial charge in [0.25, 0.3) is 5.91 Å². The van der Waals surface area contributed by atoms with Crippen LogP contribution in [0.3, 0.4) is 0 Å². The van der Waals surface area contributed by atoms with E-state index in [1.54, 1.807) is 48.9 Å². The third-order valence-corrected chi connectivity index (χ3v) is 6.57. The Morgan fingerprint density at radius 2 is 1.90 bits per heavy atom. The molecule has 2 aromatic heterocycles. The van der Waals surface area contributed by atoms with Gasteiger partial charge in [0.2, 0.25) is 0 Å². The van der Waals surface area contributed by atoms with Crippen molar-refractivity contribution in [3.05, 3.63) is 77.1 Å². The zero-order valence-corrected chi connectivity index (χ0v) is 21.4. The normalized spacial score (nSPS) is 13.5. The van der Waals surface area contributed by atoms with Gasteiger partial charge >= 0.3 is 6.18 Å². The number of fused-ring (bicyclic) bond motifs is 1. The van der Waals surface area contributed by atoms with E-state index in [4.69, 9.17) is 5.26 Å². The number of benzene rings is 2. The lowest BCUT2D eigenvalue weighted by Crippen LogP contribution is -2.25. The molecule has 0 bridgehead atoms. The molecule has 0 spiro atoms. The van der Waals surface area contributed by atoms with Crippen LogP contribution < -0.4 is 10.2 Å². The molecule has 0 radical (unpaired) electrons. The first-order valence-corrected chi connectivity index (χ1v) is 12.2. The number of rotatable bonds is 6. The topological polar surface area (TPSA) is 124 Å². The summed E-state index contributed by atoms with van der Waals surface area (Å²) in [5, 5.41) is 30.0. The average Bonchev–Trinajstić information content (AvgIpc) is 3.50. The van der Waals surface area contributed by atoms with E-state index in [0.29, 0.717) is 33.9 Å². The number of nitrogens with zero attached hydrogens (tertiary/aromatic N) is 7. The molecule has 1 N–H and O–H groups in total. The highest BCUT2D eigenvalue weighted by atomic mass is 19.4. The van der Waals surface area contributed by atoms with E-state index < -0.39 is 17.6 Å². The van der Waals surface area contributed by atoms with Gasteiger partial charge in [-0.2, -0.15) is 23.7 Å². The van der Waals surface area contributed by atoms with Crippen molar-refractivity contribution in [2.75, 3.05) is 10.2 Å². The largest absolute Gasteiger partial charge is 0.416 e. The molecule has 1 amide bonds. The standard InChI is InChI=1S/C28H21F3N8O/c1-16(8-9-32)35-24-11-18(21-10-17(13-33)6-7-19(21)26-37-34-15-38(26)2)12-25(36-24)39-14-22-20(27(39)40)4-3-5-23(22)28(29,30)31/h3-7,10-12,15-16H,8,14H2,1-2H3,(H,35,36)/t16-/m0/s1. The van der Waals surface area contributed by atoms with Crippen LogP contribution >= 0.6 is 0 Å². The van der Waals surface area contributed by atoms with Crippen molar-refractivity contribution in [2.45, 2.75) is 32.1 Å². The molecule has 0 unspecified atom stereocenters. The van der Waals surface area contributed by atoms with E-state index in [1.165, 1.54) is 23.4 Å². The maximum absolute atomic E-state index is 13.7. The SMILES string of the molecule is C[C@@H](CC#N)Nc1cc(-c2cc(C#N)ccc2-c2nncn2C)cc(N2Cc3c(cccc3C(F)(F)F)C2=O)n1. The molecule has 5 rings (SSSR count). The molecule has 0 saturated carbocycles. The summed E-state index contributed by atoms with van der Waals surface area (Å²) in [7, 11) is 1.77. The van der Waals surface area contributed by atoms with Gasteiger partial charge < -0.3 is 9.88 Å². The number of halogens is 3. The van der Waals surface area contributed by atoms with Gasteiger partial charge in [-0.05, 0) is 66.1 Å². The van der Waals surface area contributed by atoms with E-state index in [9.17, 15) is 23.2 Å². The van der Waals surface area contributed by atoms with Crippen molar-refractivity contribution in [1.29, 1.82) is 10.5 Å². The summed E-state index contributed by atoms with van der Waals surface area (Å²) in [4.78, 5) is 19.1. The Hall–Kier alpha value is -5.23. The fraction of sp³-hybridized carbons (Fsp3) is 0.214. The maximum Gasteiger partial charge on any atom is 0.416 e. The summed E-state index contributed by atoms with van der Waals surface area (Å²) >= 11 is 0. The number of aryl methyl sites for hydroxylation is 1. The Bertz CT molecular complexity index is 1710. The second-order valence-corrected chi connectivity index (χ2v) is 9.37. The quantitative estimate of drug-likeness (QED) is 0.350. The Labute approximate surface area is 227 Å². The van der Waals surface area contributed by atoms with E-state index in [-0.39, 0.29) is 36.0 Å². The van der Waals surface area contributed by atoms with Crippen LogP contribution in [0.1, 0.15) is 40.4 Å². The lowest BCUT2D eigenvalue weighted by atomic mass is 9.97. The highest BCUT2D eigenvalue weighted by Gasteiger charge is 2.40. The molecule has 200 valence electrons. The lowest BCUT2D eigenvalue weighted by Gasteiger charge is -2.20. The van der Waals surface area contributed by atoms with Gasteiger partial charge in [-0.15, -0.1) is 10.2 Å². The first-order chi connectivity index (χ1) is 19.1. The summed E-state index contributed by atoms with van der Waals surface area (Å²) in [6, 6.07) is 15.7. The summed E-state index contributed by atoms with van der Waals surface area (Å²) in [6.07, 6.45) is -2.93. The Morgan fingerprint density at radius 1 is 1.10 bits per heavy atom. The minimum Gasteiger partial charge on any atom is -0.366 e. The van der Waals surface area contributed by atoms with Gasteiger partial charge in [0.15, 0.2) is 5.82 Å². The van der Waals surface area contributed by atoms with Crippen molar-refractivity contribution in [2.24, 2.45) is 7.05 Å². The molecule has 4 aromatic rings. The molecule has 3 heterocycles. The molecule has 9 nitrogen and oxygen atoms in total. The molecular formula is C28H21F3N8O. The lowest BCUT2D eigenvalue weighted by molar-refractivity contribution is -0.138. The second kappa shape index (κ2) is 10.2. The highest BCUT2D eigenvalue weighted by Crippen LogP contribution is 2.40. The summed E-state index contributed by atoms with van der Waals surface area (Å²) in [6.45, 7) is 1.47. The molecule has 1 atom stereocenters. The number of aromatic nitrogens is 4. The van der Waals surface area contributed by atoms with E-state index in [0.717, 1.165) is 6.07 Å². The van der Waals surface area contributed by atoms with Crippen LogP contribution in [0.5, 0.6) is 0 Å². The molecule has 0 saturated heterocycles. The van der Waals surface area contributed by atoms with E-state index in [1.807, 2.05) is 0 Å². The molecule has 1 aliphatic heterocycles. The number of nitriles is 2. The molecule has 12 heteroatoms. The van der Waals surface area contributed by atoms with Crippen LogP contribution in [-0.2, 0) is 19.8 Å². The predicted octanol–water partition coefficient (Wildman–Crippen LogP) is 5.31. The van der Waals surface area contributed by atoms with Gasteiger partial charge in [-0.3, -0.25) is 9.69 Å². The summed E-state index contributed by atoms with van der Waals surface area (Å²) in [5.41, 5.74) is 1.09. The van der Waals surface area contributed by atoms with Crippen molar-refractivity contribution >= 4 is 17.5 Å². The van der Waals surface area contributed by atoms with Crippen LogP contribution in [0.2, 0.25) is 0 Å². The minimum atomic E-state index is -4.63. The molecule has 2 aromatic carbocycles. The van der Waals surface area contributed by atoms with Gasteiger partial charge in [-0.1, -0.05) is 6.07 Å². The number of hydrogen-bond donors (Lipinski definition) is 1. The number of pyridine rings is 1. The highest BCUT2D eigenvalue weighted by molar-refractivity contribution is 6.10. The van der Waals surface area contributed by atoms with Crippen LogP contribution in [0.25, 0.3) is 22.5 Å². The minimum absolute atomic E-state index is 0.0411. The number of amides is 1. The van der Waals surface area contributed by atoms with Gasteiger partial charge in [0, 0.05) is 24.2 Å². The molecule has 0 fully saturated rings. The Kier molecular flexibility index (Phi) is 6.69. The summed E-state index contributed by atoms with van der Waals surface area (Å²) < 4.78 is 42.9. The average molecular weight is 543 g/mol. The van der Waals surface area contributed by atoms with Crippen LogP contribution in [-0.4, -0.2) is 31.7 Å². The molecular weight excluding hydrogens is 521 g/mol. The smallest absolute Gasteiger partial charge is 0.366 e. The van der Waals surface area contributed by atoms with Crippen molar-refractivity contribution in [1.82, 2.24) is 19.7 Å². The summed E-state index contributed by atoms with van der Waals surface area (Å²) in [5.74, 6) is 0.330. The fourth-order valence-electron chi connectivity index (χ4n) is 4.68. The van der Waals surface area contributed by atoms with Crippen molar-refractivity contribution < 1.29 is 18.0 Å². The van der Waals surface area contributed by atoms with Gasteiger partial charge in [0.1, 0.15) is 18.0 Å². The van der Waals surface area contributed by atoms with Gasteiger partial charge in [0.05, 0.1) is 36.2 Å². The zero-order valence-electron chi connectivity index (χ0n) is 21.4. The van der Waals surface area contributed by atoms with Crippen molar-refractivity contribution in [3.63, 3.8) is 0 Å². The predicted molar refractivity (Wildman–Crippen MR) is 140 cm³/mol. The third kappa shape index (κ3) is 4.83. The van der Waals surface area contributed by atoms with Gasteiger partial charge in [-0.25, -0.2) is 4.98 Å². The first-order valence-electron chi connectivity index (χ1n) is 12.2. The number of carbonyl (C=O) groups is 1. The zero-order chi connectivity index (χ0) is 28.6. The number of nitrogens with one attached hydrogen (secondary N) is 1. The van der Waals surface area contributed by atoms with Crippen LogP contribution in [0.4, 0.5) is 24.8 Å². The number of hydrogen-bond acceptors (Lipinski definition) is 7. The van der Waals surface area contributed by atoms with E-state index >= 15 is 0 Å². The molecule has 1 aliphatic rings. The van der Waals surface area contributed by atoms with Crippen molar-refractivity contribution in [3.8, 4) is 34.7 Å². The monoisotopic (exact) mass is 542 g/mol. The third-order valence-electron chi connectivity index (χ3n) is 6.57. The van der Waals surface area contributed by atoms with Crippen LogP contribution in [0, 0.1) is 22.7 Å². The Morgan fingerprint density at radius 3 is 2.58 bits per heavy atom. The number of alkyl halides is 3. The fourth-order valence-corrected chi connectivity index (χ4v) is 4.68. The molecule has 0 aliphatic carbocycles. The van der Waals surface area contributed by atoms with E-state index in [2.05, 4.69) is 32.6 Å². The Balaban J connectivity index is 1.68. The second-order valence-electron chi connectivity index (χ2n) is 9.37. The maximum atomic E-state index is 13.7. The van der Waals surface area contributed by atoms with Crippen LogP contribution in [0.15, 0.2) is 54.9 Å². The number of anilines is 2. The first kappa shape index (κ1) is 26.4. The molecule has 40 heavy (non-hydrogen) atoms. The number of carbonyl (C=O) groups excluding carboxylic acids is 1.